The number of aliphatic imine (C=N–C) groups is 1. The zero-order chi connectivity index (χ0) is 18.3. The van der Waals surface area contributed by atoms with Gasteiger partial charge in [0.1, 0.15) is 0 Å². The molecular formula is C20H18N2O3S. The Morgan fingerprint density at radius 1 is 1.23 bits per heavy atom. The number of rotatable bonds is 2. The van der Waals surface area contributed by atoms with Crippen LogP contribution in [0.15, 0.2) is 58.7 Å². The quantitative estimate of drug-likeness (QED) is 0.761. The topological polar surface area (TPSA) is 59.0 Å². The minimum absolute atomic E-state index is 0.0191. The summed E-state index contributed by atoms with van der Waals surface area (Å²) in [6.45, 7) is 1.80. The average molecular weight is 366 g/mol. The molecule has 2 aliphatic rings. The molecule has 2 aromatic rings. The summed E-state index contributed by atoms with van der Waals surface area (Å²) in [4.78, 5) is 31.5. The van der Waals surface area contributed by atoms with Crippen molar-refractivity contribution in [2.24, 2.45) is 4.99 Å². The van der Waals surface area contributed by atoms with Crippen molar-refractivity contribution in [1.82, 2.24) is 4.90 Å². The zero-order valence-electron chi connectivity index (χ0n) is 14.6. The van der Waals surface area contributed by atoms with Gasteiger partial charge >= 0.3 is 5.97 Å². The number of carbonyl (C=O) groups is 2. The van der Waals surface area contributed by atoms with Crippen molar-refractivity contribution in [1.29, 1.82) is 0 Å². The molecule has 5 nitrogen and oxygen atoms in total. The molecule has 4 rings (SSSR count). The van der Waals surface area contributed by atoms with Crippen molar-refractivity contribution < 1.29 is 14.3 Å². The molecule has 1 amide bonds. The SMILES string of the molecule is COC(=O)C1=C(C)N=C2SCCC(=O)N2[C@H]1c1cccc2ccccc12. The highest BCUT2D eigenvalue weighted by atomic mass is 32.2. The summed E-state index contributed by atoms with van der Waals surface area (Å²) in [7, 11) is 1.36. The predicted octanol–water partition coefficient (Wildman–Crippen LogP) is 3.66. The van der Waals surface area contributed by atoms with Gasteiger partial charge in [-0.2, -0.15) is 0 Å². The van der Waals surface area contributed by atoms with E-state index in [9.17, 15) is 9.59 Å². The number of carbonyl (C=O) groups excluding carboxylic acids is 2. The van der Waals surface area contributed by atoms with Gasteiger partial charge in [-0.05, 0) is 23.3 Å². The number of hydrogen-bond acceptors (Lipinski definition) is 5. The van der Waals surface area contributed by atoms with Crippen molar-refractivity contribution >= 4 is 39.6 Å². The van der Waals surface area contributed by atoms with E-state index in [1.807, 2.05) is 42.5 Å². The molecule has 1 fully saturated rings. The van der Waals surface area contributed by atoms with Gasteiger partial charge in [-0.3, -0.25) is 9.69 Å². The van der Waals surface area contributed by atoms with Crippen LogP contribution in [0.1, 0.15) is 24.9 Å². The molecule has 132 valence electrons. The molecule has 26 heavy (non-hydrogen) atoms. The fraction of sp³-hybridized carbons (Fsp3) is 0.250. The number of methoxy groups -OCH3 is 1. The summed E-state index contributed by atoms with van der Waals surface area (Å²) in [5.74, 6) is 0.234. The summed E-state index contributed by atoms with van der Waals surface area (Å²) in [6, 6.07) is 13.4. The largest absolute Gasteiger partial charge is 0.466 e. The third-order valence-corrected chi connectivity index (χ3v) is 5.68. The molecule has 2 aromatic carbocycles. The van der Waals surface area contributed by atoms with E-state index in [0.29, 0.717) is 28.6 Å². The highest BCUT2D eigenvalue weighted by Gasteiger charge is 2.41. The van der Waals surface area contributed by atoms with Gasteiger partial charge in [0.05, 0.1) is 24.4 Å². The second kappa shape index (κ2) is 6.61. The minimum Gasteiger partial charge on any atom is -0.466 e. The molecule has 0 N–H and O–H groups in total. The molecule has 6 heteroatoms. The Morgan fingerprint density at radius 2 is 2.00 bits per heavy atom. The lowest BCUT2D eigenvalue weighted by Gasteiger charge is -2.39. The molecular weight excluding hydrogens is 348 g/mol. The molecule has 2 aliphatic heterocycles. The number of amides is 1. The molecule has 0 bridgehead atoms. The van der Waals surface area contributed by atoms with Crippen LogP contribution in [-0.4, -0.2) is 34.8 Å². The van der Waals surface area contributed by atoms with Crippen LogP contribution in [0.25, 0.3) is 10.8 Å². The van der Waals surface area contributed by atoms with Gasteiger partial charge in [-0.15, -0.1) is 0 Å². The van der Waals surface area contributed by atoms with E-state index in [4.69, 9.17) is 4.74 Å². The second-order valence-corrected chi connectivity index (χ2v) is 7.28. The zero-order valence-corrected chi connectivity index (χ0v) is 15.4. The Morgan fingerprint density at radius 3 is 2.81 bits per heavy atom. The van der Waals surface area contributed by atoms with E-state index in [1.165, 1.54) is 7.11 Å². The van der Waals surface area contributed by atoms with E-state index in [-0.39, 0.29) is 5.91 Å². The lowest BCUT2D eigenvalue weighted by atomic mass is 9.90. The van der Waals surface area contributed by atoms with Crippen LogP contribution in [0.5, 0.6) is 0 Å². The molecule has 0 aliphatic carbocycles. The van der Waals surface area contributed by atoms with E-state index < -0.39 is 12.0 Å². The third-order valence-electron chi connectivity index (χ3n) is 4.73. The number of esters is 1. The Bertz CT molecular complexity index is 975. The van der Waals surface area contributed by atoms with Crippen LogP contribution in [0.3, 0.4) is 0 Å². The number of allylic oxidation sites excluding steroid dienone is 1. The number of amidine groups is 1. The monoisotopic (exact) mass is 366 g/mol. The van der Waals surface area contributed by atoms with Gasteiger partial charge in [0.2, 0.25) is 5.91 Å². The maximum absolute atomic E-state index is 12.8. The van der Waals surface area contributed by atoms with Crippen LogP contribution in [0, 0.1) is 0 Å². The first-order valence-electron chi connectivity index (χ1n) is 8.42. The van der Waals surface area contributed by atoms with E-state index in [0.717, 1.165) is 16.3 Å². The molecule has 0 aromatic heterocycles. The Kier molecular flexibility index (Phi) is 4.28. The van der Waals surface area contributed by atoms with Gasteiger partial charge in [0, 0.05) is 12.2 Å². The number of hydrogen-bond donors (Lipinski definition) is 0. The number of ether oxygens (including phenoxy) is 1. The normalized spacial score (nSPS) is 20.1. The van der Waals surface area contributed by atoms with Crippen molar-refractivity contribution in [3.63, 3.8) is 0 Å². The lowest BCUT2D eigenvalue weighted by Crippen LogP contribution is -2.45. The van der Waals surface area contributed by atoms with Gasteiger partial charge in [-0.1, -0.05) is 54.2 Å². The summed E-state index contributed by atoms with van der Waals surface area (Å²) in [6.07, 6.45) is 0.429. The highest BCUT2D eigenvalue weighted by molar-refractivity contribution is 8.14. The Hall–Kier alpha value is -2.60. The summed E-state index contributed by atoms with van der Waals surface area (Å²) >= 11 is 1.55. The average Bonchev–Trinajstić information content (AvgIpc) is 2.66. The summed E-state index contributed by atoms with van der Waals surface area (Å²) in [5.41, 5.74) is 1.93. The third kappa shape index (κ3) is 2.61. The van der Waals surface area contributed by atoms with Crippen LogP contribution >= 0.6 is 11.8 Å². The Labute approximate surface area is 155 Å². The van der Waals surface area contributed by atoms with Crippen molar-refractivity contribution in [2.75, 3.05) is 12.9 Å². The van der Waals surface area contributed by atoms with E-state index >= 15 is 0 Å². The molecule has 1 atom stereocenters. The maximum Gasteiger partial charge on any atom is 0.338 e. The first-order valence-corrected chi connectivity index (χ1v) is 9.40. The maximum atomic E-state index is 12.8. The first kappa shape index (κ1) is 16.8. The summed E-state index contributed by atoms with van der Waals surface area (Å²) in [5, 5.41) is 2.73. The van der Waals surface area contributed by atoms with Crippen LogP contribution in [0.4, 0.5) is 0 Å². The molecule has 0 radical (unpaired) electrons. The lowest BCUT2D eigenvalue weighted by molar-refractivity contribution is -0.137. The number of benzene rings is 2. The van der Waals surface area contributed by atoms with Crippen LogP contribution in [-0.2, 0) is 14.3 Å². The van der Waals surface area contributed by atoms with E-state index in [1.54, 1.807) is 23.6 Å². The second-order valence-electron chi connectivity index (χ2n) is 6.22. The van der Waals surface area contributed by atoms with Crippen LogP contribution in [0.2, 0.25) is 0 Å². The highest BCUT2D eigenvalue weighted by Crippen LogP contribution is 2.42. The predicted molar refractivity (Wildman–Crippen MR) is 103 cm³/mol. The molecule has 2 heterocycles. The summed E-state index contributed by atoms with van der Waals surface area (Å²) < 4.78 is 5.03. The number of fused-ring (bicyclic) bond motifs is 2. The first-order chi connectivity index (χ1) is 12.6. The van der Waals surface area contributed by atoms with Crippen LogP contribution < -0.4 is 0 Å². The minimum atomic E-state index is -0.527. The number of thioether (sulfide) groups is 1. The van der Waals surface area contributed by atoms with Crippen molar-refractivity contribution in [2.45, 2.75) is 19.4 Å². The van der Waals surface area contributed by atoms with Gasteiger partial charge in [-0.25, -0.2) is 9.79 Å². The Balaban J connectivity index is 1.99. The van der Waals surface area contributed by atoms with E-state index in [2.05, 4.69) is 4.99 Å². The smallest absolute Gasteiger partial charge is 0.338 e. The van der Waals surface area contributed by atoms with Gasteiger partial charge in [0.25, 0.3) is 0 Å². The van der Waals surface area contributed by atoms with Gasteiger partial charge < -0.3 is 4.74 Å². The fourth-order valence-corrected chi connectivity index (χ4v) is 4.56. The molecule has 0 saturated carbocycles. The van der Waals surface area contributed by atoms with Crippen molar-refractivity contribution in [3.8, 4) is 0 Å². The fourth-order valence-electron chi connectivity index (χ4n) is 3.55. The molecule has 0 unspecified atom stereocenters. The molecule has 1 saturated heterocycles. The standard InChI is InChI=1S/C20H18N2O3S/c1-12-17(19(24)25-2)18(22-16(23)10-11-26-20(22)21-12)15-9-5-7-13-6-3-4-8-14(13)15/h3-9,18H,10-11H2,1-2H3/t18-/m0/s1. The van der Waals surface area contributed by atoms with Crippen molar-refractivity contribution in [3.05, 3.63) is 59.3 Å². The molecule has 0 spiro atoms. The van der Waals surface area contributed by atoms with Gasteiger partial charge in [0.15, 0.2) is 5.17 Å². The number of nitrogens with zero attached hydrogens (tertiary/aromatic N) is 2.